The zero-order chi connectivity index (χ0) is 13.8. The van der Waals surface area contributed by atoms with Crippen molar-refractivity contribution in [3.63, 3.8) is 0 Å². The molecule has 1 aliphatic rings. The van der Waals surface area contributed by atoms with E-state index in [2.05, 4.69) is 11.8 Å². The van der Waals surface area contributed by atoms with Crippen molar-refractivity contribution in [1.29, 1.82) is 5.26 Å². The Morgan fingerprint density at radius 3 is 3.00 bits per heavy atom. The van der Waals surface area contributed by atoms with Gasteiger partial charge in [0.25, 0.3) is 0 Å². The van der Waals surface area contributed by atoms with Crippen molar-refractivity contribution in [3.8, 4) is 6.07 Å². The maximum atomic E-state index is 14.1. The first kappa shape index (κ1) is 14.0. The third-order valence-electron chi connectivity index (χ3n) is 3.94. The molecular weight excluding hydrogens is 241 g/mol. The van der Waals surface area contributed by atoms with Gasteiger partial charge in [0.15, 0.2) is 0 Å². The normalized spacial score (nSPS) is 24.1. The summed E-state index contributed by atoms with van der Waals surface area (Å²) >= 11 is 0. The first-order valence-electron chi connectivity index (χ1n) is 6.77. The number of nitriles is 1. The summed E-state index contributed by atoms with van der Waals surface area (Å²) in [6, 6.07) is 7.20. The Morgan fingerprint density at radius 2 is 2.32 bits per heavy atom. The average molecular weight is 261 g/mol. The van der Waals surface area contributed by atoms with E-state index < -0.39 is 0 Å². The topological polar surface area (TPSA) is 53.0 Å². The van der Waals surface area contributed by atoms with Gasteiger partial charge in [-0.25, -0.2) is 4.39 Å². The smallest absolute Gasteiger partial charge is 0.145 e. The van der Waals surface area contributed by atoms with Crippen LogP contribution in [-0.2, 0) is 6.54 Å². The van der Waals surface area contributed by atoms with Crippen molar-refractivity contribution < 1.29 is 4.39 Å². The van der Waals surface area contributed by atoms with Crippen molar-refractivity contribution in [1.82, 2.24) is 4.90 Å². The second kappa shape index (κ2) is 6.14. The largest absolute Gasteiger partial charge is 0.329 e. The van der Waals surface area contributed by atoms with E-state index in [1.54, 1.807) is 12.1 Å². The Hall–Kier alpha value is -1.44. The Morgan fingerprint density at radius 1 is 1.53 bits per heavy atom. The van der Waals surface area contributed by atoms with Crippen molar-refractivity contribution in [2.24, 2.45) is 11.7 Å². The summed E-state index contributed by atoms with van der Waals surface area (Å²) in [5, 5.41) is 8.86. The van der Waals surface area contributed by atoms with Crippen molar-refractivity contribution in [2.45, 2.75) is 32.4 Å². The minimum absolute atomic E-state index is 0.118. The molecule has 102 valence electrons. The molecule has 1 fully saturated rings. The Bertz CT molecular complexity index is 481. The third kappa shape index (κ3) is 3.12. The molecule has 4 heteroatoms. The van der Waals surface area contributed by atoms with E-state index >= 15 is 0 Å². The molecule has 0 spiro atoms. The molecule has 2 atom stereocenters. The fourth-order valence-corrected chi connectivity index (χ4v) is 2.76. The van der Waals surface area contributed by atoms with Crippen LogP contribution in [0.5, 0.6) is 0 Å². The first-order valence-corrected chi connectivity index (χ1v) is 6.77. The van der Waals surface area contributed by atoms with Crippen LogP contribution in [0.1, 0.15) is 30.9 Å². The fourth-order valence-electron chi connectivity index (χ4n) is 2.76. The van der Waals surface area contributed by atoms with Crippen LogP contribution < -0.4 is 5.73 Å². The van der Waals surface area contributed by atoms with Crippen LogP contribution in [-0.4, -0.2) is 24.0 Å². The highest BCUT2D eigenvalue weighted by molar-refractivity contribution is 5.34. The van der Waals surface area contributed by atoms with E-state index in [0.29, 0.717) is 30.6 Å². The predicted octanol–water partition coefficient (Wildman–Crippen LogP) is 2.26. The van der Waals surface area contributed by atoms with Gasteiger partial charge in [0.2, 0.25) is 0 Å². The van der Waals surface area contributed by atoms with E-state index in [4.69, 9.17) is 11.0 Å². The SMILES string of the molecule is CC1CCN(Cc2cccc(C#N)c2F)C(CN)C1. The van der Waals surface area contributed by atoms with Crippen molar-refractivity contribution in [3.05, 3.63) is 35.1 Å². The molecular formula is C15H20FN3. The monoisotopic (exact) mass is 261 g/mol. The van der Waals surface area contributed by atoms with Gasteiger partial charge in [-0.3, -0.25) is 4.90 Å². The maximum absolute atomic E-state index is 14.1. The number of nitrogens with zero attached hydrogens (tertiary/aromatic N) is 2. The van der Waals surface area contributed by atoms with Crippen molar-refractivity contribution >= 4 is 0 Å². The molecule has 0 aromatic heterocycles. The molecule has 0 amide bonds. The molecule has 0 aliphatic carbocycles. The van der Waals surface area contributed by atoms with Gasteiger partial charge in [-0.1, -0.05) is 19.1 Å². The highest BCUT2D eigenvalue weighted by Gasteiger charge is 2.26. The molecule has 2 N–H and O–H groups in total. The van der Waals surface area contributed by atoms with E-state index in [1.807, 2.05) is 6.07 Å². The number of rotatable bonds is 3. The zero-order valence-corrected chi connectivity index (χ0v) is 11.3. The van der Waals surface area contributed by atoms with Crippen molar-refractivity contribution in [2.75, 3.05) is 13.1 Å². The minimum Gasteiger partial charge on any atom is -0.329 e. The summed E-state index contributed by atoms with van der Waals surface area (Å²) in [5.74, 6) is 0.291. The number of hydrogen-bond donors (Lipinski definition) is 1. The van der Waals surface area contributed by atoms with E-state index in [1.165, 1.54) is 6.07 Å². The summed E-state index contributed by atoms with van der Waals surface area (Å²) in [5.41, 5.74) is 6.52. The summed E-state index contributed by atoms with van der Waals surface area (Å²) in [6.07, 6.45) is 2.19. The van der Waals surface area contributed by atoms with Gasteiger partial charge in [-0.2, -0.15) is 5.26 Å². The minimum atomic E-state index is -0.389. The van der Waals surface area contributed by atoms with Crippen LogP contribution in [0.25, 0.3) is 0 Å². The molecule has 19 heavy (non-hydrogen) atoms. The molecule has 0 saturated carbocycles. The number of piperidine rings is 1. The summed E-state index contributed by atoms with van der Waals surface area (Å²) in [4.78, 5) is 2.24. The molecule has 1 aliphatic heterocycles. The number of halogens is 1. The highest BCUT2D eigenvalue weighted by atomic mass is 19.1. The summed E-state index contributed by atoms with van der Waals surface area (Å²) < 4.78 is 14.1. The molecule has 0 radical (unpaired) electrons. The van der Waals surface area contributed by atoms with Crippen LogP contribution in [0, 0.1) is 23.1 Å². The van der Waals surface area contributed by atoms with Crippen LogP contribution >= 0.6 is 0 Å². The lowest BCUT2D eigenvalue weighted by Crippen LogP contribution is -2.45. The molecule has 2 unspecified atom stereocenters. The number of hydrogen-bond acceptors (Lipinski definition) is 3. The lowest BCUT2D eigenvalue weighted by molar-refractivity contribution is 0.114. The number of nitrogens with two attached hydrogens (primary N) is 1. The molecule has 2 rings (SSSR count). The van der Waals surface area contributed by atoms with Gasteiger partial charge < -0.3 is 5.73 Å². The Labute approximate surface area is 113 Å². The highest BCUT2D eigenvalue weighted by Crippen LogP contribution is 2.24. The van der Waals surface area contributed by atoms with Crippen LogP contribution in [0.3, 0.4) is 0 Å². The van der Waals surface area contributed by atoms with Crippen LogP contribution in [0.15, 0.2) is 18.2 Å². The fraction of sp³-hybridized carbons (Fsp3) is 0.533. The lowest BCUT2D eigenvalue weighted by atomic mass is 9.92. The van der Waals surface area contributed by atoms with E-state index in [9.17, 15) is 4.39 Å². The lowest BCUT2D eigenvalue weighted by Gasteiger charge is -2.38. The molecule has 1 heterocycles. The molecule has 0 bridgehead atoms. The third-order valence-corrected chi connectivity index (χ3v) is 3.94. The summed E-state index contributed by atoms with van der Waals surface area (Å²) in [6.45, 7) is 4.32. The Kier molecular flexibility index (Phi) is 4.52. The average Bonchev–Trinajstić information content (AvgIpc) is 2.42. The van der Waals surface area contributed by atoms with Gasteiger partial charge in [0.05, 0.1) is 5.56 Å². The van der Waals surface area contributed by atoms with Gasteiger partial charge >= 0.3 is 0 Å². The van der Waals surface area contributed by atoms with E-state index in [-0.39, 0.29) is 11.4 Å². The first-order chi connectivity index (χ1) is 9.15. The maximum Gasteiger partial charge on any atom is 0.145 e. The molecule has 1 aromatic carbocycles. The second-order valence-corrected chi connectivity index (χ2v) is 5.38. The second-order valence-electron chi connectivity index (χ2n) is 5.38. The van der Waals surface area contributed by atoms with Gasteiger partial charge in [0.1, 0.15) is 11.9 Å². The van der Waals surface area contributed by atoms with Crippen LogP contribution in [0.2, 0.25) is 0 Å². The number of likely N-dealkylation sites (tertiary alicyclic amines) is 1. The molecule has 1 aromatic rings. The Balaban J connectivity index is 2.14. The van der Waals surface area contributed by atoms with Crippen LogP contribution in [0.4, 0.5) is 4.39 Å². The predicted molar refractivity (Wildman–Crippen MR) is 72.8 cm³/mol. The van der Waals surface area contributed by atoms with E-state index in [0.717, 1.165) is 19.4 Å². The quantitative estimate of drug-likeness (QED) is 0.908. The zero-order valence-electron chi connectivity index (χ0n) is 11.3. The number of benzene rings is 1. The summed E-state index contributed by atoms with van der Waals surface area (Å²) in [7, 11) is 0. The van der Waals surface area contributed by atoms with Gasteiger partial charge in [-0.05, 0) is 31.4 Å². The van der Waals surface area contributed by atoms with Gasteiger partial charge in [0, 0.05) is 24.7 Å². The van der Waals surface area contributed by atoms with Gasteiger partial charge in [-0.15, -0.1) is 0 Å². The standard InChI is InChI=1S/C15H20FN3/c1-11-5-6-19(14(7-11)9-18)10-13-4-2-3-12(8-17)15(13)16/h2-4,11,14H,5-7,9-10,18H2,1H3. The molecule has 1 saturated heterocycles. The molecule has 3 nitrogen and oxygen atoms in total.